The summed E-state index contributed by atoms with van der Waals surface area (Å²) in [5.41, 5.74) is 1.16. The van der Waals surface area contributed by atoms with Gasteiger partial charge in [-0.1, -0.05) is 27.4 Å². The van der Waals surface area contributed by atoms with Crippen LogP contribution >= 0.6 is 11.3 Å². The van der Waals surface area contributed by atoms with Gasteiger partial charge in [-0.2, -0.15) is 0 Å². The van der Waals surface area contributed by atoms with Crippen LogP contribution in [-0.2, 0) is 5.41 Å². The molecule has 0 spiro atoms. The molecular formula is C9H13NS. The second kappa shape index (κ2) is 2.78. The molecule has 0 saturated carbocycles. The molecule has 0 aromatic carbocycles. The molecule has 0 aliphatic rings. The molecule has 1 heterocycles. The summed E-state index contributed by atoms with van der Waals surface area (Å²) in [6.45, 7) is 10.2. The first-order chi connectivity index (χ1) is 5.04. The summed E-state index contributed by atoms with van der Waals surface area (Å²) in [5.74, 6) is 0. The monoisotopic (exact) mass is 167 g/mol. The Morgan fingerprint density at radius 2 is 2.18 bits per heavy atom. The molecule has 1 nitrogen and oxygen atoms in total. The smallest absolute Gasteiger partial charge is 0.0985 e. The standard InChI is InChI=1S/C9H13NS/c1-5-7-6-11-8(10-7)9(2,3)4/h5-6H,1H2,2-4H3. The molecule has 0 aliphatic carbocycles. The molecule has 1 aromatic heterocycles. The van der Waals surface area contributed by atoms with Crippen LogP contribution in [0, 0.1) is 0 Å². The molecule has 0 atom stereocenters. The fourth-order valence-electron chi connectivity index (χ4n) is 0.724. The van der Waals surface area contributed by atoms with E-state index in [-0.39, 0.29) is 5.41 Å². The van der Waals surface area contributed by atoms with Crippen LogP contribution in [0.4, 0.5) is 0 Å². The molecule has 2 heteroatoms. The van der Waals surface area contributed by atoms with Crippen molar-refractivity contribution in [2.75, 3.05) is 0 Å². The summed E-state index contributed by atoms with van der Waals surface area (Å²) in [6.07, 6.45) is 1.78. The molecule has 0 bridgehead atoms. The maximum Gasteiger partial charge on any atom is 0.0985 e. The molecule has 11 heavy (non-hydrogen) atoms. The molecule has 0 fully saturated rings. The molecule has 0 N–H and O–H groups in total. The third kappa shape index (κ3) is 1.90. The van der Waals surface area contributed by atoms with Crippen molar-refractivity contribution < 1.29 is 0 Å². The van der Waals surface area contributed by atoms with E-state index in [1.54, 1.807) is 17.4 Å². The second-order valence-electron chi connectivity index (χ2n) is 3.53. The lowest BCUT2D eigenvalue weighted by atomic mass is 9.98. The van der Waals surface area contributed by atoms with Gasteiger partial charge < -0.3 is 0 Å². The quantitative estimate of drug-likeness (QED) is 0.626. The van der Waals surface area contributed by atoms with Gasteiger partial charge in [-0.05, 0) is 6.08 Å². The third-order valence-corrected chi connectivity index (χ3v) is 2.66. The van der Waals surface area contributed by atoms with Crippen molar-refractivity contribution >= 4 is 17.4 Å². The minimum atomic E-state index is 0.173. The minimum Gasteiger partial charge on any atom is -0.241 e. The molecule has 60 valence electrons. The predicted molar refractivity (Wildman–Crippen MR) is 50.9 cm³/mol. The highest BCUT2D eigenvalue weighted by Crippen LogP contribution is 2.25. The topological polar surface area (TPSA) is 12.9 Å². The Morgan fingerprint density at radius 1 is 1.55 bits per heavy atom. The van der Waals surface area contributed by atoms with Gasteiger partial charge in [0.05, 0.1) is 10.7 Å². The van der Waals surface area contributed by atoms with Crippen LogP contribution < -0.4 is 0 Å². The van der Waals surface area contributed by atoms with Crippen molar-refractivity contribution in [3.05, 3.63) is 22.7 Å². The second-order valence-corrected chi connectivity index (χ2v) is 4.39. The highest BCUT2D eigenvalue weighted by atomic mass is 32.1. The van der Waals surface area contributed by atoms with Crippen molar-refractivity contribution in [1.29, 1.82) is 0 Å². The lowest BCUT2D eigenvalue weighted by molar-refractivity contribution is 0.585. The van der Waals surface area contributed by atoms with E-state index in [9.17, 15) is 0 Å². The van der Waals surface area contributed by atoms with E-state index in [0.29, 0.717) is 0 Å². The summed E-state index contributed by atoms with van der Waals surface area (Å²) in [5, 5.41) is 3.21. The number of nitrogens with zero attached hydrogens (tertiary/aromatic N) is 1. The number of thiazole rings is 1. The van der Waals surface area contributed by atoms with Gasteiger partial charge in [-0.25, -0.2) is 4.98 Å². The van der Waals surface area contributed by atoms with Gasteiger partial charge in [0.2, 0.25) is 0 Å². The van der Waals surface area contributed by atoms with Crippen LogP contribution in [0.5, 0.6) is 0 Å². The van der Waals surface area contributed by atoms with E-state index >= 15 is 0 Å². The zero-order chi connectivity index (χ0) is 8.48. The number of hydrogen-bond donors (Lipinski definition) is 0. The number of rotatable bonds is 1. The highest BCUT2D eigenvalue weighted by molar-refractivity contribution is 7.09. The van der Waals surface area contributed by atoms with Crippen LogP contribution in [0.2, 0.25) is 0 Å². The van der Waals surface area contributed by atoms with E-state index < -0.39 is 0 Å². The summed E-state index contributed by atoms with van der Waals surface area (Å²) in [7, 11) is 0. The Labute approximate surface area is 71.8 Å². The van der Waals surface area contributed by atoms with Crippen LogP contribution in [0.3, 0.4) is 0 Å². The Balaban J connectivity index is 2.98. The van der Waals surface area contributed by atoms with Gasteiger partial charge in [0.25, 0.3) is 0 Å². The first-order valence-electron chi connectivity index (χ1n) is 3.62. The third-order valence-electron chi connectivity index (χ3n) is 1.37. The Morgan fingerprint density at radius 3 is 2.45 bits per heavy atom. The molecule has 1 aromatic rings. The van der Waals surface area contributed by atoms with Gasteiger partial charge in [-0.3, -0.25) is 0 Å². The van der Waals surface area contributed by atoms with Crippen molar-refractivity contribution in [1.82, 2.24) is 4.98 Å². The zero-order valence-corrected chi connectivity index (χ0v) is 8.03. The highest BCUT2D eigenvalue weighted by Gasteiger charge is 2.16. The van der Waals surface area contributed by atoms with Crippen molar-refractivity contribution in [2.45, 2.75) is 26.2 Å². The van der Waals surface area contributed by atoms with E-state index in [2.05, 4.69) is 32.3 Å². The molecule has 0 unspecified atom stereocenters. The summed E-state index contributed by atoms with van der Waals surface area (Å²) in [6, 6.07) is 0. The lowest BCUT2D eigenvalue weighted by Crippen LogP contribution is -2.10. The fraction of sp³-hybridized carbons (Fsp3) is 0.444. The van der Waals surface area contributed by atoms with Crippen LogP contribution in [0.15, 0.2) is 12.0 Å². The molecule has 0 radical (unpaired) electrons. The zero-order valence-electron chi connectivity index (χ0n) is 7.22. The minimum absolute atomic E-state index is 0.173. The lowest BCUT2D eigenvalue weighted by Gasteiger charge is -2.13. The summed E-state index contributed by atoms with van der Waals surface area (Å²) >= 11 is 1.70. The first-order valence-corrected chi connectivity index (χ1v) is 4.50. The Kier molecular flexibility index (Phi) is 2.14. The first kappa shape index (κ1) is 8.47. The fourth-order valence-corrected chi connectivity index (χ4v) is 1.62. The van der Waals surface area contributed by atoms with Crippen LogP contribution in [0.25, 0.3) is 6.08 Å². The molecule has 0 amide bonds. The molecule has 0 aliphatic heterocycles. The van der Waals surface area contributed by atoms with Gasteiger partial charge in [-0.15, -0.1) is 11.3 Å². The Bertz CT molecular complexity index is 255. The molecule has 1 rings (SSSR count). The van der Waals surface area contributed by atoms with Crippen LogP contribution in [-0.4, -0.2) is 4.98 Å². The van der Waals surface area contributed by atoms with E-state index in [0.717, 1.165) is 5.69 Å². The van der Waals surface area contributed by atoms with Crippen molar-refractivity contribution in [3.8, 4) is 0 Å². The van der Waals surface area contributed by atoms with Crippen molar-refractivity contribution in [3.63, 3.8) is 0 Å². The van der Waals surface area contributed by atoms with E-state index in [4.69, 9.17) is 0 Å². The molecule has 0 saturated heterocycles. The summed E-state index contributed by atoms with van der Waals surface area (Å²) < 4.78 is 0. The maximum atomic E-state index is 4.40. The normalized spacial score (nSPS) is 11.5. The SMILES string of the molecule is C=Cc1csc(C(C)(C)C)n1. The van der Waals surface area contributed by atoms with Gasteiger partial charge in [0.1, 0.15) is 0 Å². The molecular weight excluding hydrogens is 154 g/mol. The number of aromatic nitrogens is 1. The number of hydrogen-bond acceptors (Lipinski definition) is 2. The van der Waals surface area contributed by atoms with Crippen molar-refractivity contribution in [2.24, 2.45) is 0 Å². The van der Waals surface area contributed by atoms with Gasteiger partial charge in [0.15, 0.2) is 0 Å². The van der Waals surface area contributed by atoms with Gasteiger partial charge in [0, 0.05) is 10.8 Å². The van der Waals surface area contributed by atoms with E-state index in [1.807, 2.05) is 5.38 Å². The predicted octanol–water partition coefficient (Wildman–Crippen LogP) is 3.08. The Hall–Kier alpha value is -0.630. The van der Waals surface area contributed by atoms with Crippen LogP contribution in [0.1, 0.15) is 31.5 Å². The van der Waals surface area contributed by atoms with E-state index in [1.165, 1.54) is 5.01 Å². The maximum absolute atomic E-state index is 4.40. The average Bonchev–Trinajstić information content (AvgIpc) is 2.32. The van der Waals surface area contributed by atoms with Gasteiger partial charge >= 0.3 is 0 Å². The summed E-state index contributed by atoms with van der Waals surface area (Å²) in [4.78, 5) is 4.40. The largest absolute Gasteiger partial charge is 0.241 e. The average molecular weight is 167 g/mol.